The van der Waals surface area contributed by atoms with Gasteiger partial charge in [-0.1, -0.05) is 56.1 Å². The Morgan fingerprint density at radius 1 is 1.14 bits per heavy atom. The number of nitrogens with zero attached hydrogens (tertiary/aromatic N) is 1. The molecule has 1 heterocycles. The first-order chi connectivity index (χ1) is 10.2. The van der Waals surface area contributed by atoms with Crippen LogP contribution in [0.15, 0.2) is 30.3 Å². The summed E-state index contributed by atoms with van der Waals surface area (Å²) >= 11 is 5.20. The predicted molar refractivity (Wildman–Crippen MR) is 92.7 cm³/mol. The monoisotopic (exact) mass is 299 g/mol. The molecule has 1 saturated carbocycles. The third-order valence-corrected chi connectivity index (χ3v) is 4.41. The summed E-state index contributed by atoms with van der Waals surface area (Å²) in [6, 6.07) is 10.6. The molecule has 1 aromatic carbocycles. The Morgan fingerprint density at radius 2 is 1.86 bits per heavy atom. The maximum atomic E-state index is 5.89. The molecule has 3 nitrogen and oxygen atoms in total. The van der Waals surface area contributed by atoms with E-state index in [1.165, 1.54) is 38.5 Å². The highest BCUT2D eigenvalue weighted by Crippen LogP contribution is 2.25. The lowest BCUT2D eigenvalue weighted by molar-refractivity contribution is 0.618. The van der Waals surface area contributed by atoms with Crippen LogP contribution in [0.2, 0.25) is 0 Å². The number of nitrogens with two attached hydrogens (primary N) is 1. The summed E-state index contributed by atoms with van der Waals surface area (Å²) in [6.07, 6.45) is 7.65. The van der Waals surface area contributed by atoms with E-state index in [0.717, 1.165) is 22.3 Å². The average molecular weight is 299 g/mol. The first-order valence-electron chi connectivity index (χ1n) is 7.70. The van der Waals surface area contributed by atoms with Crippen molar-refractivity contribution >= 4 is 33.9 Å². The number of benzene rings is 1. The van der Waals surface area contributed by atoms with Crippen LogP contribution in [0.4, 0.5) is 5.82 Å². The molecule has 0 bridgehead atoms. The quantitative estimate of drug-likeness (QED) is 0.664. The zero-order chi connectivity index (χ0) is 14.7. The number of aromatic nitrogens is 1. The van der Waals surface area contributed by atoms with Crippen LogP contribution in [0, 0.1) is 0 Å². The molecule has 0 atom stereocenters. The van der Waals surface area contributed by atoms with Gasteiger partial charge in [0.1, 0.15) is 10.8 Å². The lowest BCUT2D eigenvalue weighted by atomic mass is 10.1. The third-order valence-electron chi connectivity index (χ3n) is 4.19. The number of pyridine rings is 1. The van der Waals surface area contributed by atoms with Crippen LogP contribution in [-0.2, 0) is 0 Å². The Bertz CT molecular complexity index is 646. The molecule has 2 aromatic rings. The van der Waals surface area contributed by atoms with Gasteiger partial charge in [0.05, 0.1) is 11.1 Å². The molecular formula is C17H21N3S. The van der Waals surface area contributed by atoms with Crippen molar-refractivity contribution in [3.05, 3.63) is 35.9 Å². The van der Waals surface area contributed by atoms with Crippen molar-refractivity contribution in [2.45, 2.75) is 44.6 Å². The summed E-state index contributed by atoms with van der Waals surface area (Å²) in [5.41, 5.74) is 7.73. The van der Waals surface area contributed by atoms with E-state index in [0.29, 0.717) is 11.0 Å². The molecule has 0 spiro atoms. The van der Waals surface area contributed by atoms with Crippen LogP contribution in [0.25, 0.3) is 10.9 Å². The van der Waals surface area contributed by atoms with Crippen LogP contribution in [0.3, 0.4) is 0 Å². The molecule has 1 aromatic heterocycles. The topological polar surface area (TPSA) is 50.9 Å². The fourth-order valence-corrected chi connectivity index (χ4v) is 3.19. The maximum absolute atomic E-state index is 5.89. The number of thiocarbonyl (C=S) groups is 1. The van der Waals surface area contributed by atoms with Crippen LogP contribution < -0.4 is 11.1 Å². The van der Waals surface area contributed by atoms with Crippen molar-refractivity contribution in [3.63, 3.8) is 0 Å². The fraction of sp³-hybridized carbons (Fsp3) is 0.412. The zero-order valence-electron chi connectivity index (χ0n) is 12.1. The second-order valence-corrected chi connectivity index (χ2v) is 6.21. The minimum Gasteiger partial charge on any atom is -0.389 e. The van der Waals surface area contributed by atoms with Gasteiger partial charge in [-0.05, 0) is 25.0 Å². The molecule has 1 fully saturated rings. The van der Waals surface area contributed by atoms with Crippen molar-refractivity contribution in [1.29, 1.82) is 0 Å². The summed E-state index contributed by atoms with van der Waals surface area (Å²) < 4.78 is 0. The molecular weight excluding hydrogens is 278 g/mol. The number of hydrogen-bond acceptors (Lipinski definition) is 3. The van der Waals surface area contributed by atoms with Gasteiger partial charge in [-0.15, -0.1) is 0 Å². The van der Waals surface area contributed by atoms with Crippen LogP contribution in [-0.4, -0.2) is 16.0 Å². The van der Waals surface area contributed by atoms with Gasteiger partial charge in [0, 0.05) is 11.4 Å². The van der Waals surface area contributed by atoms with Gasteiger partial charge in [0.15, 0.2) is 0 Å². The molecule has 0 unspecified atom stereocenters. The van der Waals surface area contributed by atoms with Gasteiger partial charge < -0.3 is 11.1 Å². The molecule has 3 rings (SSSR count). The predicted octanol–water partition coefficient (Wildman–Crippen LogP) is 4.00. The highest BCUT2D eigenvalue weighted by atomic mass is 32.1. The molecule has 4 heteroatoms. The molecule has 0 amide bonds. The second-order valence-electron chi connectivity index (χ2n) is 5.77. The van der Waals surface area contributed by atoms with Crippen molar-refractivity contribution in [3.8, 4) is 0 Å². The average Bonchev–Trinajstić information content (AvgIpc) is 2.75. The molecule has 3 N–H and O–H groups in total. The van der Waals surface area contributed by atoms with Crippen LogP contribution in [0.5, 0.6) is 0 Å². The second kappa shape index (κ2) is 6.39. The van der Waals surface area contributed by atoms with Gasteiger partial charge in [0.2, 0.25) is 0 Å². The first-order valence-corrected chi connectivity index (χ1v) is 8.11. The molecule has 1 aliphatic carbocycles. The van der Waals surface area contributed by atoms with Gasteiger partial charge in [-0.2, -0.15) is 0 Å². The zero-order valence-corrected chi connectivity index (χ0v) is 13.0. The van der Waals surface area contributed by atoms with Crippen molar-refractivity contribution in [2.75, 3.05) is 5.32 Å². The standard InChI is InChI=1S/C17H21N3S/c18-16(21)14-11-12-7-5-6-10-15(12)20-17(14)19-13-8-3-1-2-4-9-13/h5-7,10-11,13H,1-4,8-9H2,(H2,18,21)(H,19,20). The Morgan fingerprint density at radius 3 is 2.57 bits per heavy atom. The Hall–Kier alpha value is -1.68. The number of anilines is 1. The Balaban J connectivity index is 1.95. The lowest BCUT2D eigenvalue weighted by Gasteiger charge is -2.19. The minimum absolute atomic E-state index is 0.407. The van der Waals surface area contributed by atoms with Crippen LogP contribution in [0.1, 0.15) is 44.1 Å². The highest BCUT2D eigenvalue weighted by Gasteiger charge is 2.16. The molecule has 110 valence electrons. The normalized spacial score (nSPS) is 16.6. The van der Waals surface area contributed by atoms with E-state index in [2.05, 4.69) is 5.32 Å². The van der Waals surface area contributed by atoms with Gasteiger partial charge in [-0.25, -0.2) is 4.98 Å². The van der Waals surface area contributed by atoms with E-state index in [9.17, 15) is 0 Å². The van der Waals surface area contributed by atoms with Gasteiger partial charge in [-0.3, -0.25) is 0 Å². The summed E-state index contributed by atoms with van der Waals surface area (Å²) in [5.74, 6) is 0.841. The summed E-state index contributed by atoms with van der Waals surface area (Å²) in [4.78, 5) is 5.15. The lowest BCUT2D eigenvalue weighted by Crippen LogP contribution is -2.22. The van der Waals surface area contributed by atoms with E-state index >= 15 is 0 Å². The summed E-state index contributed by atoms with van der Waals surface area (Å²) in [6.45, 7) is 0. The maximum Gasteiger partial charge on any atom is 0.137 e. The molecule has 0 aliphatic heterocycles. The smallest absolute Gasteiger partial charge is 0.137 e. The molecule has 21 heavy (non-hydrogen) atoms. The Labute approximate surface area is 130 Å². The summed E-state index contributed by atoms with van der Waals surface area (Å²) in [7, 11) is 0. The van der Waals surface area contributed by atoms with Crippen molar-refractivity contribution in [2.24, 2.45) is 5.73 Å². The van der Waals surface area contributed by atoms with E-state index in [4.69, 9.17) is 22.9 Å². The number of hydrogen-bond donors (Lipinski definition) is 2. The van der Waals surface area contributed by atoms with Gasteiger partial charge >= 0.3 is 0 Å². The van der Waals surface area contributed by atoms with E-state index in [-0.39, 0.29) is 0 Å². The molecule has 0 saturated heterocycles. The summed E-state index contributed by atoms with van der Waals surface area (Å²) in [5, 5.41) is 4.66. The Kier molecular flexibility index (Phi) is 4.34. The van der Waals surface area contributed by atoms with E-state index in [1.54, 1.807) is 0 Å². The molecule has 0 radical (unpaired) electrons. The van der Waals surface area contributed by atoms with Crippen LogP contribution >= 0.6 is 12.2 Å². The number of para-hydroxylation sites is 1. The van der Waals surface area contributed by atoms with Crippen molar-refractivity contribution in [1.82, 2.24) is 4.98 Å². The fourth-order valence-electron chi connectivity index (χ4n) is 3.03. The number of nitrogens with one attached hydrogen (secondary N) is 1. The highest BCUT2D eigenvalue weighted by molar-refractivity contribution is 7.80. The number of fused-ring (bicyclic) bond motifs is 1. The van der Waals surface area contributed by atoms with Crippen molar-refractivity contribution < 1.29 is 0 Å². The van der Waals surface area contributed by atoms with E-state index in [1.807, 2.05) is 30.3 Å². The third kappa shape index (κ3) is 3.32. The first kappa shape index (κ1) is 14.3. The SMILES string of the molecule is NC(=S)c1cc2ccccc2nc1NC1CCCCCC1. The van der Waals surface area contributed by atoms with E-state index < -0.39 is 0 Å². The number of rotatable bonds is 3. The largest absolute Gasteiger partial charge is 0.389 e. The minimum atomic E-state index is 0.407. The van der Waals surface area contributed by atoms with Gasteiger partial charge in [0.25, 0.3) is 0 Å². The molecule has 1 aliphatic rings.